The van der Waals surface area contributed by atoms with Crippen molar-refractivity contribution in [2.24, 2.45) is 5.73 Å². The summed E-state index contributed by atoms with van der Waals surface area (Å²) in [4.78, 5) is 31.5. The van der Waals surface area contributed by atoms with Gasteiger partial charge in [-0.1, -0.05) is 12.1 Å². The van der Waals surface area contributed by atoms with Crippen LogP contribution in [0.3, 0.4) is 0 Å². The molecule has 0 bridgehead atoms. The molecule has 1 aliphatic rings. The molecule has 0 saturated heterocycles. The van der Waals surface area contributed by atoms with Crippen molar-refractivity contribution in [3.63, 3.8) is 0 Å². The van der Waals surface area contributed by atoms with Gasteiger partial charge in [-0.25, -0.2) is 8.78 Å². The number of hydrogen-bond acceptors (Lipinski definition) is 4. The number of hydrogen-bond donors (Lipinski definition) is 2. The number of pyridine rings is 1. The number of anilines is 1. The van der Waals surface area contributed by atoms with Gasteiger partial charge in [0.05, 0.1) is 5.56 Å². The van der Waals surface area contributed by atoms with Crippen LogP contribution in [0, 0.1) is 11.6 Å². The second-order valence-electron chi connectivity index (χ2n) is 8.56. The van der Waals surface area contributed by atoms with Crippen molar-refractivity contribution in [1.29, 1.82) is 0 Å². The number of carbonyl (C=O) groups is 2. The summed E-state index contributed by atoms with van der Waals surface area (Å²) >= 11 is 0. The first kappa shape index (κ1) is 23.5. The third kappa shape index (κ3) is 5.82. The third-order valence-corrected chi connectivity index (χ3v) is 6.01. The van der Waals surface area contributed by atoms with Crippen molar-refractivity contribution in [3.05, 3.63) is 95.3 Å². The Morgan fingerprint density at radius 3 is 2.38 bits per heavy atom. The van der Waals surface area contributed by atoms with Crippen LogP contribution >= 0.6 is 0 Å². The number of amides is 2. The number of benzene rings is 2. The van der Waals surface area contributed by atoms with E-state index >= 15 is 0 Å². The van der Waals surface area contributed by atoms with Gasteiger partial charge in [-0.3, -0.25) is 14.6 Å². The molecule has 1 heterocycles. The maximum absolute atomic E-state index is 13.8. The Morgan fingerprint density at radius 2 is 1.71 bits per heavy atom. The van der Waals surface area contributed by atoms with E-state index in [-0.39, 0.29) is 30.1 Å². The Hall–Kier alpha value is -3.65. The average molecular weight is 465 g/mol. The number of halogens is 2. The van der Waals surface area contributed by atoms with Crippen molar-refractivity contribution in [1.82, 2.24) is 9.88 Å². The van der Waals surface area contributed by atoms with Crippen LogP contribution in [0.15, 0.2) is 67.0 Å². The number of nitrogens with two attached hydrogens (primary N) is 1. The molecule has 3 aromatic rings. The summed E-state index contributed by atoms with van der Waals surface area (Å²) in [6.45, 7) is 0.230. The van der Waals surface area contributed by atoms with Gasteiger partial charge in [0.25, 0.3) is 11.8 Å². The summed E-state index contributed by atoms with van der Waals surface area (Å²) < 4.78 is 27.6. The smallest absolute Gasteiger partial charge is 0.257 e. The molecule has 1 aromatic heterocycles. The molecule has 0 atom stereocenters. The molecule has 1 saturated carbocycles. The van der Waals surface area contributed by atoms with Crippen LogP contribution in [0.5, 0.6) is 0 Å². The normalized spacial score (nSPS) is 17.7. The van der Waals surface area contributed by atoms with E-state index in [1.54, 1.807) is 41.4 Å². The molecule has 3 N–H and O–H groups in total. The molecule has 8 heteroatoms. The van der Waals surface area contributed by atoms with E-state index in [1.165, 1.54) is 6.20 Å². The minimum Gasteiger partial charge on any atom is -0.331 e. The van der Waals surface area contributed by atoms with Crippen LogP contribution in [-0.2, 0) is 6.54 Å². The van der Waals surface area contributed by atoms with E-state index in [2.05, 4.69) is 10.3 Å². The minimum atomic E-state index is -0.797. The minimum absolute atomic E-state index is 0.0339. The van der Waals surface area contributed by atoms with Crippen LogP contribution in [0.2, 0.25) is 0 Å². The summed E-state index contributed by atoms with van der Waals surface area (Å²) in [5, 5.41) is 2.83. The molecule has 1 fully saturated rings. The van der Waals surface area contributed by atoms with Crippen molar-refractivity contribution in [3.8, 4) is 0 Å². The molecular formula is C26H26F2N4O2. The predicted octanol–water partition coefficient (Wildman–Crippen LogP) is 4.52. The molecule has 4 rings (SSSR count). The van der Waals surface area contributed by atoms with Gasteiger partial charge in [0, 0.05) is 48.3 Å². The first-order valence-corrected chi connectivity index (χ1v) is 11.2. The molecule has 0 radical (unpaired) electrons. The van der Waals surface area contributed by atoms with Crippen LogP contribution in [-0.4, -0.2) is 33.8 Å². The maximum Gasteiger partial charge on any atom is 0.257 e. The molecule has 176 valence electrons. The van der Waals surface area contributed by atoms with Gasteiger partial charge < -0.3 is 16.0 Å². The monoisotopic (exact) mass is 464 g/mol. The lowest BCUT2D eigenvalue weighted by Crippen LogP contribution is -2.44. The topological polar surface area (TPSA) is 88.3 Å². The van der Waals surface area contributed by atoms with E-state index < -0.39 is 17.5 Å². The number of aromatic nitrogens is 1. The quantitative estimate of drug-likeness (QED) is 0.561. The first-order valence-electron chi connectivity index (χ1n) is 11.2. The summed E-state index contributed by atoms with van der Waals surface area (Å²) in [6, 6.07) is 13.4. The van der Waals surface area contributed by atoms with E-state index in [9.17, 15) is 18.4 Å². The number of nitrogens with one attached hydrogen (secondary N) is 1. The molecule has 0 unspecified atom stereocenters. The molecule has 0 spiro atoms. The highest BCUT2D eigenvalue weighted by molar-refractivity contribution is 6.04. The van der Waals surface area contributed by atoms with Crippen LogP contribution in [0.25, 0.3) is 0 Å². The van der Waals surface area contributed by atoms with Gasteiger partial charge in [0.1, 0.15) is 11.6 Å². The average Bonchev–Trinajstić information content (AvgIpc) is 2.83. The van der Waals surface area contributed by atoms with Gasteiger partial charge in [0.2, 0.25) is 0 Å². The Kier molecular flexibility index (Phi) is 7.27. The van der Waals surface area contributed by atoms with Crippen LogP contribution in [0.1, 0.15) is 52.0 Å². The highest BCUT2D eigenvalue weighted by atomic mass is 19.1. The molecule has 0 aliphatic heterocycles. The van der Waals surface area contributed by atoms with Gasteiger partial charge >= 0.3 is 0 Å². The second kappa shape index (κ2) is 10.5. The standard InChI is InChI=1S/C26H26F2N4O2/c27-20-12-19(13-21(28)14-20)26(34)32(24-8-6-22(29)7-9-24)16-17-3-1-5-23(11-17)31-25(33)18-4-2-10-30-15-18/h1-5,10-15,22,24H,6-9,16,29H2,(H,31,33). The van der Waals surface area contributed by atoms with E-state index in [0.29, 0.717) is 24.1 Å². The van der Waals surface area contributed by atoms with Crippen LogP contribution in [0.4, 0.5) is 14.5 Å². The van der Waals surface area contributed by atoms with E-state index in [0.717, 1.165) is 36.6 Å². The Bertz CT molecular complexity index is 1140. The largest absolute Gasteiger partial charge is 0.331 e. The second-order valence-corrected chi connectivity index (χ2v) is 8.56. The maximum atomic E-state index is 13.8. The fraction of sp³-hybridized carbons (Fsp3) is 0.269. The van der Waals surface area contributed by atoms with Crippen molar-refractivity contribution >= 4 is 17.5 Å². The third-order valence-electron chi connectivity index (χ3n) is 6.01. The fourth-order valence-corrected chi connectivity index (χ4v) is 4.27. The van der Waals surface area contributed by atoms with Crippen molar-refractivity contribution < 1.29 is 18.4 Å². The van der Waals surface area contributed by atoms with E-state index in [4.69, 9.17) is 5.73 Å². The van der Waals surface area contributed by atoms with Crippen molar-refractivity contribution in [2.45, 2.75) is 44.3 Å². The fourth-order valence-electron chi connectivity index (χ4n) is 4.27. The van der Waals surface area contributed by atoms with Crippen LogP contribution < -0.4 is 11.1 Å². The lowest BCUT2D eigenvalue weighted by atomic mass is 9.90. The highest BCUT2D eigenvalue weighted by Crippen LogP contribution is 2.26. The van der Waals surface area contributed by atoms with Gasteiger partial charge in [0.15, 0.2) is 0 Å². The van der Waals surface area contributed by atoms with Gasteiger partial charge in [-0.15, -0.1) is 0 Å². The first-order chi connectivity index (χ1) is 16.4. The molecule has 1 aliphatic carbocycles. The highest BCUT2D eigenvalue weighted by Gasteiger charge is 2.29. The number of rotatable bonds is 6. The Morgan fingerprint density at radius 1 is 0.971 bits per heavy atom. The zero-order valence-electron chi connectivity index (χ0n) is 18.6. The number of nitrogens with zero attached hydrogens (tertiary/aromatic N) is 2. The summed E-state index contributed by atoms with van der Waals surface area (Å²) in [5.74, 6) is -2.33. The predicted molar refractivity (Wildman–Crippen MR) is 125 cm³/mol. The Balaban J connectivity index is 1.57. The summed E-state index contributed by atoms with van der Waals surface area (Å²) in [6.07, 6.45) is 6.03. The van der Waals surface area contributed by atoms with Gasteiger partial charge in [-0.05, 0) is 67.6 Å². The number of carbonyl (C=O) groups excluding carboxylic acids is 2. The van der Waals surface area contributed by atoms with Gasteiger partial charge in [-0.2, -0.15) is 0 Å². The molecular weight excluding hydrogens is 438 g/mol. The Labute approximate surface area is 196 Å². The summed E-state index contributed by atoms with van der Waals surface area (Å²) in [7, 11) is 0. The molecule has 2 aromatic carbocycles. The molecule has 2 amide bonds. The zero-order chi connectivity index (χ0) is 24.1. The lowest BCUT2D eigenvalue weighted by molar-refractivity contribution is 0.0605. The SMILES string of the molecule is NC1CCC(N(Cc2cccc(NC(=O)c3cccnc3)c2)C(=O)c2cc(F)cc(F)c2)CC1. The van der Waals surface area contributed by atoms with E-state index in [1.807, 2.05) is 6.07 Å². The molecule has 6 nitrogen and oxygen atoms in total. The zero-order valence-corrected chi connectivity index (χ0v) is 18.6. The lowest BCUT2D eigenvalue weighted by Gasteiger charge is -2.36. The molecule has 34 heavy (non-hydrogen) atoms. The van der Waals surface area contributed by atoms with Crippen molar-refractivity contribution in [2.75, 3.05) is 5.32 Å². The summed E-state index contributed by atoms with van der Waals surface area (Å²) in [5.41, 5.74) is 7.79.